The van der Waals surface area contributed by atoms with Crippen LogP contribution in [0.3, 0.4) is 0 Å². The van der Waals surface area contributed by atoms with Crippen LogP contribution in [0.5, 0.6) is 0 Å². The van der Waals surface area contributed by atoms with Gasteiger partial charge < -0.3 is 5.32 Å². The van der Waals surface area contributed by atoms with E-state index in [-0.39, 0.29) is 0 Å². The second-order valence-corrected chi connectivity index (χ2v) is 5.66. The highest BCUT2D eigenvalue weighted by atomic mass is 79.9. The Balaban J connectivity index is 2.52. The van der Waals surface area contributed by atoms with E-state index in [4.69, 9.17) is 4.98 Å². The average Bonchev–Trinajstić information content (AvgIpc) is 2.41. The Labute approximate surface area is 122 Å². The molecule has 0 aliphatic rings. The number of hydrogen-bond acceptors (Lipinski definition) is 3. The zero-order valence-corrected chi connectivity index (χ0v) is 13.0. The second-order valence-electron chi connectivity index (χ2n) is 4.87. The molecule has 1 N–H and O–H groups in total. The van der Waals surface area contributed by atoms with E-state index in [1.165, 1.54) is 0 Å². The Hall–Kier alpha value is -1.42. The topological polar surface area (TPSA) is 37.8 Å². The minimum atomic E-state index is 0.537. The molecule has 0 fully saturated rings. The van der Waals surface area contributed by atoms with E-state index in [9.17, 15) is 0 Å². The highest BCUT2D eigenvalue weighted by molar-refractivity contribution is 9.10. The van der Waals surface area contributed by atoms with E-state index >= 15 is 0 Å². The normalized spacial score (nSPS) is 10.8. The maximum absolute atomic E-state index is 4.69. The summed E-state index contributed by atoms with van der Waals surface area (Å²) in [6.07, 6.45) is 0.877. The van der Waals surface area contributed by atoms with Gasteiger partial charge in [0.25, 0.3) is 0 Å². The largest absolute Gasteiger partial charge is 0.372 e. The van der Waals surface area contributed by atoms with Crippen LogP contribution in [0.4, 0.5) is 5.82 Å². The van der Waals surface area contributed by atoms with Gasteiger partial charge in [-0.2, -0.15) is 0 Å². The van der Waals surface area contributed by atoms with Crippen molar-refractivity contribution >= 4 is 21.7 Å². The molecule has 1 aromatic heterocycles. The highest BCUT2D eigenvalue weighted by Gasteiger charge is 2.13. The second kappa shape index (κ2) is 6.15. The van der Waals surface area contributed by atoms with E-state index in [1.807, 2.05) is 25.2 Å². The molecule has 1 aromatic carbocycles. The molecule has 1 heterocycles. The zero-order valence-electron chi connectivity index (χ0n) is 11.4. The molecule has 2 aromatic rings. The van der Waals surface area contributed by atoms with Crippen molar-refractivity contribution in [1.29, 1.82) is 0 Å². The number of rotatable bonds is 4. The standard InChI is InChI=1S/C15H18BrN3/c1-10(2)9-12-18-14(11-7-5-4-6-8-11)13(16)15(17-3)19-12/h4-8,10H,9H2,1-3H3,(H,17,18,19). The number of anilines is 1. The summed E-state index contributed by atoms with van der Waals surface area (Å²) < 4.78 is 0.911. The van der Waals surface area contributed by atoms with Crippen LogP contribution in [0, 0.1) is 5.92 Å². The monoisotopic (exact) mass is 319 g/mol. The molecule has 3 nitrogen and oxygen atoms in total. The lowest BCUT2D eigenvalue weighted by Gasteiger charge is -2.12. The van der Waals surface area contributed by atoms with Gasteiger partial charge in [0, 0.05) is 19.0 Å². The van der Waals surface area contributed by atoms with Crippen molar-refractivity contribution in [3.05, 3.63) is 40.6 Å². The molecule has 0 aliphatic carbocycles. The smallest absolute Gasteiger partial charge is 0.144 e. The van der Waals surface area contributed by atoms with Crippen LogP contribution in [0.15, 0.2) is 34.8 Å². The summed E-state index contributed by atoms with van der Waals surface area (Å²) in [5.41, 5.74) is 2.04. The van der Waals surface area contributed by atoms with Gasteiger partial charge in [0.15, 0.2) is 0 Å². The van der Waals surface area contributed by atoms with E-state index in [1.54, 1.807) is 0 Å². The maximum Gasteiger partial charge on any atom is 0.144 e. The number of benzene rings is 1. The zero-order chi connectivity index (χ0) is 13.8. The van der Waals surface area contributed by atoms with Gasteiger partial charge >= 0.3 is 0 Å². The molecular weight excluding hydrogens is 302 g/mol. The van der Waals surface area contributed by atoms with Gasteiger partial charge in [-0.05, 0) is 21.8 Å². The van der Waals surface area contributed by atoms with Crippen molar-refractivity contribution in [1.82, 2.24) is 9.97 Å². The minimum Gasteiger partial charge on any atom is -0.372 e. The van der Waals surface area contributed by atoms with E-state index in [0.29, 0.717) is 5.92 Å². The Bertz CT molecular complexity index is 553. The molecule has 2 rings (SSSR count). The van der Waals surface area contributed by atoms with Gasteiger partial charge in [-0.1, -0.05) is 44.2 Å². The first kappa shape index (κ1) is 14.0. The highest BCUT2D eigenvalue weighted by Crippen LogP contribution is 2.31. The van der Waals surface area contributed by atoms with Crippen LogP contribution in [0.25, 0.3) is 11.3 Å². The summed E-state index contributed by atoms with van der Waals surface area (Å²) in [5, 5.41) is 3.12. The van der Waals surface area contributed by atoms with Crippen molar-refractivity contribution in [2.24, 2.45) is 5.92 Å². The summed E-state index contributed by atoms with van der Waals surface area (Å²) in [5.74, 6) is 2.25. The average molecular weight is 320 g/mol. The molecule has 0 aliphatic heterocycles. The lowest BCUT2D eigenvalue weighted by Crippen LogP contribution is -2.06. The van der Waals surface area contributed by atoms with Gasteiger partial charge in [-0.15, -0.1) is 0 Å². The third-order valence-electron chi connectivity index (χ3n) is 2.77. The van der Waals surface area contributed by atoms with Crippen LogP contribution >= 0.6 is 15.9 Å². The van der Waals surface area contributed by atoms with Gasteiger partial charge in [-0.25, -0.2) is 9.97 Å². The Morgan fingerprint density at radius 3 is 2.42 bits per heavy atom. The molecule has 4 heteroatoms. The first-order valence-corrected chi connectivity index (χ1v) is 7.20. The molecule has 0 bridgehead atoms. The van der Waals surface area contributed by atoms with Crippen molar-refractivity contribution in [3.63, 3.8) is 0 Å². The minimum absolute atomic E-state index is 0.537. The molecule has 100 valence electrons. The van der Waals surface area contributed by atoms with Crippen molar-refractivity contribution in [2.45, 2.75) is 20.3 Å². The SMILES string of the molecule is CNc1nc(CC(C)C)nc(-c2ccccc2)c1Br. The Kier molecular flexibility index (Phi) is 4.53. The first-order chi connectivity index (χ1) is 9.11. The van der Waals surface area contributed by atoms with Crippen LogP contribution in [-0.4, -0.2) is 17.0 Å². The van der Waals surface area contributed by atoms with Crippen molar-refractivity contribution in [3.8, 4) is 11.3 Å². The van der Waals surface area contributed by atoms with Crippen molar-refractivity contribution < 1.29 is 0 Å². The fraction of sp³-hybridized carbons (Fsp3) is 0.333. The number of halogens is 1. The third kappa shape index (κ3) is 3.32. The quantitative estimate of drug-likeness (QED) is 0.920. The molecule has 19 heavy (non-hydrogen) atoms. The van der Waals surface area contributed by atoms with Gasteiger partial charge in [0.05, 0.1) is 10.2 Å². The van der Waals surface area contributed by atoms with E-state index in [0.717, 1.165) is 33.8 Å². The van der Waals surface area contributed by atoms with Crippen LogP contribution in [0.1, 0.15) is 19.7 Å². The summed E-state index contributed by atoms with van der Waals surface area (Å²) in [7, 11) is 1.88. The third-order valence-corrected chi connectivity index (χ3v) is 3.52. The molecule has 0 saturated carbocycles. The molecule has 0 unspecified atom stereocenters. The summed E-state index contributed by atoms with van der Waals surface area (Å²) in [4.78, 5) is 9.24. The molecule has 0 radical (unpaired) electrons. The van der Waals surface area contributed by atoms with Gasteiger partial charge in [-0.3, -0.25) is 0 Å². The predicted molar refractivity (Wildman–Crippen MR) is 83.3 cm³/mol. The van der Waals surface area contributed by atoms with Crippen LogP contribution < -0.4 is 5.32 Å². The molecule has 0 amide bonds. The van der Waals surface area contributed by atoms with Gasteiger partial charge in [0.1, 0.15) is 11.6 Å². The fourth-order valence-electron chi connectivity index (χ4n) is 1.90. The fourth-order valence-corrected chi connectivity index (χ4v) is 2.51. The van der Waals surface area contributed by atoms with Crippen molar-refractivity contribution in [2.75, 3.05) is 12.4 Å². The van der Waals surface area contributed by atoms with Crippen LogP contribution in [-0.2, 0) is 6.42 Å². The number of nitrogens with zero attached hydrogens (tertiary/aromatic N) is 2. The summed E-state index contributed by atoms with van der Waals surface area (Å²) in [6.45, 7) is 4.35. The number of nitrogens with one attached hydrogen (secondary N) is 1. The lowest BCUT2D eigenvalue weighted by molar-refractivity contribution is 0.621. The van der Waals surface area contributed by atoms with E-state index < -0.39 is 0 Å². The summed E-state index contributed by atoms with van der Waals surface area (Å²) in [6, 6.07) is 10.2. The maximum atomic E-state index is 4.69. The Morgan fingerprint density at radius 1 is 1.16 bits per heavy atom. The first-order valence-electron chi connectivity index (χ1n) is 6.41. The molecular formula is C15H18BrN3. The molecule has 0 spiro atoms. The number of hydrogen-bond donors (Lipinski definition) is 1. The lowest BCUT2D eigenvalue weighted by atomic mass is 10.1. The van der Waals surface area contributed by atoms with Gasteiger partial charge in [0.2, 0.25) is 0 Å². The van der Waals surface area contributed by atoms with Crippen LogP contribution in [0.2, 0.25) is 0 Å². The Morgan fingerprint density at radius 2 is 1.84 bits per heavy atom. The predicted octanol–water partition coefficient (Wildman–Crippen LogP) is 4.15. The molecule has 0 saturated heterocycles. The number of aromatic nitrogens is 2. The summed E-state index contributed by atoms with van der Waals surface area (Å²) >= 11 is 3.59. The molecule has 0 atom stereocenters. The van der Waals surface area contributed by atoms with E-state index in [2.05, 4.69) is 52.2 Å².